The largest absolute Gasteiger partial charge is 0.418 e. The van der Waals surface area contributed by atoms with Crippen LogP contribution >= 0.6 is 34.8 Å². The highest BCUT2D eigenvalue weighted by Gasteiger charge is 2.42. The van der Waals surface area contributed by atoms with Crippen LogP contribution in [-0.2, 0) is 12.4 Å². The van der Waals surface area contributed by atoms with Gasteiger partial charge in [0.1, 0.15) is 5.02 Å². The molecular weight excluding hydrogens is 495 g/mol. The van der Waals surface area contributed by atoms with Gasteiger partial charge in [-0.2, -0.15) is 26.3 Å². The first-order valence-electron chi connectivity index (χ1n) is 7.11. The van der Waals surface area contributed by atoms with Crippen LogP contribution in [0.4, 0.5) is 49.1 Å². The standard InChI is InChI=1S/C14H4Cl3F6N3O4/c15-6-3-7(16)8(1-4(6)13(18,19)20)24-11-9(25(27)28)2-5(14(21,22)23)10(17)12(11)26(29)30/h1-3,24H. The van der Waals surface area contributed by atoms with Gasteiger partial charge in [-0.3, -0.25) is 20.2 Å². The molecule has 0 aromatic heterocycles. The summed E-state index contributed by atoms with van der Waals surface area (Å²) in [7, 11) is 0. The Hall–Kier alpha value is -2.51. The Balaban J connectivity index is 2.84. The number of anilines is 2. The van der Waals surface area contributed by atoms with E-state index in [0.29, 0.717) is 6.07 Å². The summed E-state index contributed by atoms with van der Waals surface area (Å²) in [6.45, 7) is 0. The number of rotatable bonds is 4. The summed E-state index contributed by atoms with van der Waals surface area (Å²) in [6, 6.07) is 0.785. The number of alkyl halides is 6. The van der Waals surface area contributed by atoms with Crippen molar-refractivity contribution in [3.63, 3.8) is 0 Å². The van der Waals surface area contributed by atoms with Gasteiger partial charge in [0.2, 0.25) is 0 Å². The van der Waals surface area contributed by atoms with E-state index >= 15 is 0 Å². The van der Waals surface area contributed by atoms with Gasteiger partial charge in [0.05, 0.1) is 36.7 Å². The third-order valence-corrected chi connectivity index (χ3v) is 4.53. The summed E-state index contributed by atoms with van der Waals surface area (Å²) in [5.74, 6) is 0. The fourth-order valence-corrected chi connectivity index (χ4v) is 3.14. The van der Waals surface area contributed by atoms with Crippen LogP contribution in [0.25, 0.3) is 0 Å². The third-order valence-electron chi connectivity index (χ3n) is 3.52. The minimum absolute atomic E-state index is 0.0911. The van der Waals surface area contributed by atoms with Crippen LogP contribution in [0.5, 0.6) is 0 Å². The molecule has 2 aromatic carbocycles. The maximum absolute atomic E-state index is 13.1. The number of nitro groups is 2. The van der Waals surface area contributed by atoms with E-state index in [1.165, 1.54) is 0 Å². The molecule has 0 aliphatic heterocycles. The molecule has 0 saturated carbocycles. The average molecular weight is 499 g/mol. The van der Waals surface area contributed by atoms with Crippen LogP contribution < -0.4 is 5.32 Å². The molecule has 0 amide bonds. The zero-order valence-corrected chi connectivity index (χ0v) is 15.9. The van der Waals surface area contributed by atoms with Crippen molar-refractivity contribution in [1.29, 1.82) is 0 Å². The molecule has 16 heteroatoms. The predicted octanol–water partition coefficient (Wildman–Crippen LogP) is 7.24. The van der Waals surface area contributed by atoms with E-state index in [-0.39, 0.29) is 12.1 Å². The first kappa shape index (κ1) is 23.8. The molecule has 0 radical (unpaired) electrons. The molecule has 2 rings (SSSR count). The lowest BCUT2D eigenvalue weighted by Gasteiger charge is -2.16. The second-order valence-electron chi connectivity index (χ2n) is 5.43. The average Bonchev–Trinajstić information content (AvgIpc) is 2.54. The van der Waals surface area contributed by atoms with Crippen LogP contribution in [0.2, 0.25) is 15.1 Å². The molecule has 0 heterocycles. The minimum Gasteiger partial charge on any atom is -0.343 e. The Kier molecular flexibility index (Phi) is 6.31. The SMILES string of the molecule is O=[N+]([O-])c1cc(C(F)(F)F)c(Cl)c([N+](=O)[O-])c1Nc1cc(C(F)(F)F)c(Cl)cc1Cl. The van der Waals surface area contributed by atoms with E-state index in [4.69, 9.17) is 34.8 Å². The van der Waals surface area contributed by atoms with Gasteiger partial charge in [0.25, 0.3) is 0 Å². The topological polar surface area (TPSA) is 98.3 Å². The lowest BCUT2D eigenvalue weighted by molar-refractivity contribution is -0.392. The number of hydrogen-bond acceptors (Lipinski definition) is 5. The summed E-state index contributed by atoms with van der Waals surface area (Å²) in [5.41, 5.74) is -8.36. The van der Waals surface area contributed by atoms with E-state index in [9.17, 15) is 46.6 Å². The highest BCUT2D eigenvalue weighted by Crippen LogP contribution is 2.49. The molecule has 0 spiro atoms. The maximum Gasteiger partial charge on any atom is 0.418 e. The van der Waals surface area contributed by atoms with Gasteiger partial charge in [-0.25, -0.2) is 0 Å². The van der Waals surface area contributed by atoms with Gasteiger partial charge >= 0.3 is 23.7 Å². The Bertz CT molecular complexity index is 1060. The molecule has 162 valence electrons. The molecule has 0 bridgehead atoms. The Morgan fingerprint density at radius 3 is 1.77 bits per heavy atom. The van der Waals surface area contributed by atoms with Crippen molar-refractivity contribution in [2.24, 2.45) is 0 Å². The van der Waals surface area contributed by atoms with Gasteiger partial charge in [-0.1, -0.05) is 34.8 Å². The number of benzene rings is 2. The van der Waals surface area contributed by atoms with Crippen molar-refractivity contribution in [3.8, 4) is 0 Å². The molecule has 2 aromatic rings. The van der Waals surface area contributed by atoms with Crippen molar-refractivity contribution < 1.29 is 36.2 Å². The van der Waals surface area contributed by atoms with Crippen LogP contribution in [0, 0.1) is 20.2 Å². The van der Waals surface area contributed by atoms with Crippen molar-refractivity contribution in [2.75, 3.05) is 5.32 Å². The van der Waals surface area contributed by atoms with E-state index < -0.39 is 71.1 Å². The van der Waals surface area contributed by atoms with Gasteiger partial charge < -0.3 is 5.32 Å². The lowest BCUT2D eigenvalue weighted by atomic mass is 10.1. The number of hydrogen-bond donors (Lipinski definition) is 1. The monoisotopic (exact) mass is 497 g/mol. The van der Waals surface area contributed by atoms with Crippen LogP contribution in [0.1, 0.15) is 11.1 Å². The number of halogens is 9. The molecule has 1 N–H and O–H groups in total. The third kappa shape index (κ3) is 4.63. The van der Waals surface area contributed by atoms with Gasteiger partial charge in [0, 0.05) is 6.07 Å². The molecule has 7 nitrogen and oxygen atoms in total. The number of nitrogens with zero attached hydrogens (tertiary/aromatic N) is 2. The quantitative estimate of drug-likeness (QED) is 0.272. The highest BCUT2D eigenvalue weighted by atomic mass is 35.5. The normalized spacial score (nSPS) is 12.0. The maximum atomic E-state index is 13.1. The van der Waals surface area contributed by atoms with Crippen LogP contribution in [0.3, 0.4) is 0 Å². The van der Waals surface area contributed by atoms with Crippen molar-refractivity contribution in [1.82, 2.24) is 0 Å². The second-order valence-corrected chi connectivity index (χ2v) is 6.62. The number of nitro benzene ring substituents is 2. The Morgan fingerprint density at radius 2 is 1.33 bits per heavy atom. The van der Waals surface area contributed by atoms with E-state index in [2.05, 4.69) is 0 Å². The smallest absolute Gasteiger partial charge is 0.343 e. The highest BCUT2D eigenvalue weighted by molar-refractivity contribution is 6.37. The van der Waals surface area contributed by atoms with Crippen LogP contribution in [-0.4, -0.2) is 9.85 Å². The Labute approximate surface area is 176 Å². The first-order valence-corrected chi connectivity index (χ1v) is 8.24. The molecule has 0 aliphatic rings. The first-order chi connectivity index (χ1) is 13.6. The molecule has 0 unspecified atom stereocenters. The molecule has 0 saturated heterocycles. The predicted molar refractivity (Wildman–Crippen MR) is 94.5 cm³/mol. The number of nitrogens with one attached hydrogen (secondary N) is 1. The van der Waals surface area contributed by atoms with E-state index in [1.807, 2.05) is 5.32 Å². The zero-order valence-electron chi connectivity index (χ0n) is 13.7. The lowest BCUT2D eigenvalue weighted by Crippen LogP contribution is -2.11. The van der Waals surface area contributed by atoms with E-state index in [1.54, 1.807) is 0 Å². The summed E-state index contributed by atoms with van der Waals surface area (Å²) in [5, 5.41) is 21.5. The van der Waals surface area contributed by atoms with Gasteiger partial charge in [-0.15, -0.1) is 0 Å². The molecular formula is C14H4Cl3F6N3O4. The molecule has 30 heavy (non-hydrogen) atoms. The van der Waals surface area contributed by atoms with Gasteiger partial charge in [-0.05, 0) is 12.1 Å². The van der Waals surface area contributed by atoms with Crippen molar-refractivity contribution in [3.05, 3.63) is 64.6 Å². The van der Waals surface area contributed by atoms with Crippen molar-refractivity contribution >= 4 is 57.6 Å². The molecule has 0 atom stereocenters. The zero-order chi connectivity index (χ0) is 23.2. The summed E-state index contributed by atoms with van der Waals surface area (Å²) in [6.07, 6.45) is -10.3. The summed E-state index contributed by atoms with van der Waals surface area (Å²) in [4.78, 5) is 19.7. The summed E-state index contributed by atoms with van der Waals surface area (Å²) >= 11 is 16.6. The molecule has 0 fully saturated rings. The van der Waals surface area contributed by atoms with E-state index in [0.717, 1.165) is 0 Å². The van der Waals surface area contributed by atoms with Crippen molar-refractivity contribution in [2.45, 2.75) is 12.4 Å². The fraction of sp³-hybridized carbons (Fsp3) is 0.143. The second kappa shape index (κ2) is 7.96. The van der Waals surface area contributed by atoms with Crippen LogP contribution in [0.15, 0.2) is 18.2 Å². The summed E-state index contributed by atoms with van der Waals surface area (Å²) < 4.78 is 78.4. The van der Waals surface area contributed by atoms with Gasteiger partial charge in [0.15, 0.2) is 5.69 Å². The fourth-order valence-electron chi connectivity index (χ4n) is 2.27. The Morgan fingerprint density at radius 1 is 0.800 bits per heavy atom. The minimum atomic E-state index is -5.30. The molecule has 0 aliphatic carbocycles.